The van der Waals surface area contributed by atoms with Crippen molar-refractivity contribution in [2.75, 3.05) is 13.1 Å². The molecule has 2 heterocycles. The summed E-state index contributed by atoms with van der Waals surface area (Å²) in [6, 6.07) is 9.92. The lowest BCUT2D eigenvalue weighted by Gasteiger charge is -2.12. The van der Waals surface area contributed by atoms with Gasteiger partial charge < -0.3 is 9.52 Å². The van der Waals surface area contributed by atoms with Crippen molar-refractivity contribution >= 4 is 11.7 Å². The minimum absolute atomic E-state index is 0.000476. The second-order valence-corrected chi connectivity index (χ2v) is 5.60. The van der Waals surface area contributed by atoms with Gasteiger partial charge >= 0.3 is 5.97 Å². The predicted octanol–water partition coefficient (Wildman–Crippen LogP) is 2.76. The molecule has 1 fully saturated rings. The number of nitro benzene ring substituents is 1. The van der Waals surface area contributed by atoms with Gasteiger partial charge in [-0.3, -0.25) is 19.8 Å². The van der Waals surface area contributed by atoms with Gasteiger partial charge in [0.25, 0.3) is 5.69 Å². The molecule has 0 radical (unpaired) electrons. The molecular weight excluding hydrogens is 300 g/mol. The Bertz CT molecular complexity index is 740. The van der Waals surface area contributed by atoms with Crippen LogP contribution in [0.1, 0.15) is 12.2 Å². The number of likely N-dealkylation sites (tertiary alicyclic amines) is 1. The highest BCUT2D eigenvalue weighted by atomic mass is 16.6. The Morgan fingerprint density at radius 1 is 1.35 bits per heavy atom. The van der Waals surface area contributed by atoms with Crippen LogP contribution < -0.4 is 0 Å². The first-order valence-corrected chi connectivity index (χ1v) is 7.32. The summed E-state index contributed by atoms with van der Waals surface area (Å²) in [5.74, 6) is 0.0117. The van der Waals surface area contributed by atoms with Gasteiger partial charge in [0.1, 0.15) is 11.5 Å². The van der Waals surface area contributed by atoms with Crippen LogP contribution in [0.2, 0.25) is 0 Å². The summed E-state index contributed by atoms with van der Waals surface area (Å²) < 4.78 is 5.72. The fourth-order valence-electron chi connectivity index (χ4n) is 2.85. The lowest BCUT2D eigenvalue weighted by Crippen LogP contribution is -2.22. The third-order valence-corrected chi connectivity index (χ3v) is 4.03. The Labute approximate surface area is 132 Å². The molecule has 7 nitrogen and oxygen atoms in total. The van der Waals surface area contributed by atoms with E-state index >= 15 is 0 Å². The van der Waals surface area contributed by atoms with Crippen LogP contribution in [-0.2, 0) is 11.3 Å². The monoisotopic (exact) mass is 316 g/mol. The largest absolute Gasteiger partial charge is 0.481 e. The number of hydrogen-bond donors (Lipinski definition) is 1. The molecule has 1 atom stereocenters. The quantitative estimate of drug-likeness (QED) is 0.673. The van der Waals surface area contributed by atoms with E-state index < -0.39 is 10.9 Å². The smallest absolute Gasteiger partial charge is 0.307 e. The molecule has 0 amide bonds. The molecule has 0 bridgehead atoms. The van der Waals surface area contributed by atoms with Crippen LogP contribution in [0.3, 0.4) is 0 Å². The van der Waals surface area contributed by atoms with E-state index in [-0.39, 0.29) is 11.6 Å². The Balaban J connectivity index is 1.74. The third-order valence-electron chi connectivity index (χ3n) is 4.03. The molecule has 120 valence electrons. The number of para-hydroxylation sites is 1. The first-order valence-electron chi connectivity index (χ1n) is 7.32. The fraction of sp³-hybridized carbons (Fsp3) is 0.312. The number of furan rings is 1. The van der Waals surface area contributed by atoms with Crippen LogP contribution in [0.4, 0.5) is 5.69 Å². The Hall–Kier alpha value is -2.67. The number of carbonyl (C=O) groups is 1. The van der Waals surface area contributed by atoms with Crippen molar-refractivity contribution in [3.8, 4) is 11.3 Å². The molecule has 1 aliphatic rings. The van der Waals surface area contributed by atoms with Crippen molar-refractivity contribution in [3.63, 3.8) is 0 Å². The van der Waals surface area contributed by atoms with Crippen molar-refractivity contribution in [1.82, 2.24) is 4.90 Å². The summed E-state index contributed by atoms with van der Waals surface area (Å²) in [6.45, 7) is 1.71. The average Bonchev–Trinajstić information content (AvgIpc) is 3.17. The molecule has 23 heavy (non-hydrogen) atoms. The van der Waals surface area contributed by atoms with Gasteiger partial charge in [-0.1, -0.05) is 12.1 Å². The second kappa shape index (κ2) is 6.21. The Morgan fingerprint density at radius 2 is 2.13 bits per heavy atom. The summed E-state index contributed by atoms with van der Waals surface area (Å²) in [5.41, 5.74) is 0.439. The van der Waals surface area contributed by atoms with Crippen LogP contribution in [-0.4, -0.2) is 34.0 Å². The molecule has 3 rings (SSSR count). The zero-order chi connectivity index (χ0) is 16.4. The zero-order valence-electron chi connectivity index (χ0n) is 12.3. The summed E-state index contributed by atoms with van der Waals surface area (Å²) in [4.78, 5) is 23.6. The maximum Gasteiger partial charge on any atom is 0.307 e. The summed E-state index contributed by atoms with van der Waals surface area (Å²) in [6.07, 6.45) is 0.632. The van der Waals surface area contributed by atoms with Crippen LogP contribution in [0.15, 0.2) is 40.8 Å². The molecule has 0 aliphatic carbocycles. The van der Waals surface area contributed by atoms with Crippen LogP contribution in [0, 0.1) is 16.0 Å². The molecule has 0 saturated carbocycles. The molecule has 1 unspecified atom stereocenters. The molecule has 7 heteroatoms. The van der Waals surface area contributed by atoms with E-state index in [0.29, 0.717) is 43.1 Å². The standard InChI is InChI=1S/C16H16N2O5/c19-16(20)11-7-8-17(9-11)10-12-5-6-15(23-12)13-3-1-2-4-14(13)18(21)22/h1-6,11H,7-10H2,(H,19,20). The number of rotatable bonds is 5. The Kier molecular flexibility index (Phi) is 4.12. The molecule has 2 aromatic rings. The lowest BCUT2D eigenvalue weighted by atomic mass is 10.1. The summed E-state index contributed by atoms with van der Waals surface area (Å²) in [7, 11) is 0. The molecule has 1 aliphatic heterocycles. The molecule has 1 aromatic carbocycles. The van der Waals surface area contributed by atoms with E-state index in [9.17, 15) is 14.9 Å². The van der Waals surface area contributed by atoms with Crippen LogP contribution in [0.25, 0.3) is 11.3 Å². The van der Waals surface area contributed by atoms with Crippen molar-refractivity contribution in [1.29, 1.82) is 0 Å². The molecule has 1 N–H and O–H groups in total. The van der Waals surface area contributed by atoms with Crippen molar-refractivity contribution in [3.05, 3.63) is 52.3 Å². The SMILES string of the molecule is O=C(O)C1CCN(Cc2ccc(-c3ccccc3[N+](=O)[O-])o2)C1. The van der Waals surface area contributed by atoms with Crippen molar-refractivity contribution < 1.29 is 19.2 Å². The number of carboxylic acids is 1. The maximum absolute atomic E-state index is 11.1. The number of nitrogens with zero attached hydrogens (tertiary/aromatic N) is 2. The molecule has 1 saturated heterocycles. The van der Waals surface area contributed by atoms with Crippen LogP contribution in [0.5, 0.6) is 0 Å². The van der Waals surface area contributed by atoms with E-state index in [4.69, 9.17) is 9.52 Å². The normalized spacial score (nSPS) is 18.2. The molecule has 0 spiro atoms. The van der Waals surface area contributed by atoms with E-state index in [2.05, 4.69) is 0 Å². The van der Waals surface area contributed by atoms with Crippen molar-refractivity contribution in [2.45, 2.75) is 13.0 Å². The molecule has 1 aromatic heterocycles. The second-order valence-electron chi connectivity index (χ2n) is 5.60. The topological polar surface area (TPSA) is 96.8 Å². The van der Waals surface area contributed by atoms with Crippen LogP contribution >= 0.6 is 0 Å². The zero-order valence-corrected chi connectivity index (χ0v) is 12.3. The number of carboxylic acid groups (broad SMARTS) is 1. The maximum atomic E-state index is 11.1. The van der Waals surface area contributed by atoms with E-state index in [1.54, 1.807) is 30.3 Å². The molecular formula is C16H16N2O5. The first-order chi connectivity index (χ1) is 11.0. The van der Waals surface area contributed by atoms with Crippen molar-refractivity contribution in [2.24, 2.45) is 5.92 Å². The van der Waals surface area contributed by atoms with Gasteiger partial charge in [-0.05, 0) is 31.2 Å². The number of aliphatic carboxylic acids is 1. The average molecular weight is 316 g/mol. The lowest BCUT2D eigenvalue weighted by molar-refractivity contribution is -0.384. The fourth-order valence-corrected chi connectivity index (χ4v) is 2.85. The van der Waals surface area contributed by atoms with E-state index in [1.807, 2.05) is 4.90 Å². The minimum atomic E-state index is -0.771. The highest BCUT2D eigenvalue weighted by Gasteiger charge is 2.28. The Morgan fingerprint density at radius 3 is 2.83 bits per heavy atom. The van der Waals surface area contributed by atoms with Gasteiger partial charge in [-0.15, -0.1) is 0 Å². The van der Waals surface area contributed by atoms with Gasteiger partial charge in [0.05, 0.1) is 22.9 Å². The van der Waals surface area contributed by atoms with Gasteiger partial charge in [0, 0.05) is 12.6 Å². The van der Waals surface area contributed by atoms with Gasteiger partial charge in [-0.2, -0.15) is 0 Å². The number of nitro groups is 1. The van der Waals surface area contributed by atoms with Gasteiger partial charge in [0.15, 0.2) is 0 Å². The summed E-state index contributed by atoms with van der Waals surface area (Å²) in [5, 5.41) is 20.1. The van der Waals surface area contributed by atoms with Gasteiger partial charge in [-0.25, -0.2) is 0 Å². The third kappa shape index (κ3) is 3.24. The summed E-state index contributed by atoms with van der Waals surface area (Å²) >= 11 is 0. The first kappa shape index (κ1) is 15.2. The van der Waals surface area contributed by atoms with E-state index in [1.165, 1.54) is 6.07 Å². The highest BCUT2D eigenvalue weighted by Crippen LogP contribution is 2.31. The van der Waals surface area contributed by atoms with E-state index in [0.717, 1.165) is 0 Å². The number of hydrogen-bond acceptors (Lipinski definition) is 5. The minimum Gasteiger partial charge on any atom is -0.481 e. The van der Waals surface area contributed by atoms with Gasteiger partial charge in [0.2, 0.25) is 0 Å². The number of benzene rings is 1. The highest BCUT2D eigenvalue weighted by molar-refractivity contribution is 5.70. The predicted molar refractivity (Wildman–Crippen MR) is 81.8 cm³/mol.